The molecule has 4 N–H and O–H groups in total. The van der Waals surface area contributed by atoms with Crippen molar-refractivity contribution in [3.05, 3.63) is 22.1 Å². The molecule has 0 atom stereocenters. The zero-order chi connectivity index (χ0) is 7.56. The van der Waals surface area contributed by atoms with E-state index >= 15 is 0 Å². The monoisotopic (exact) mass is 141 g/mol. The van der Waals surface area contributed by atoms with Crippen molar-refractivity contribution in [2.75, 3.05) is 6.54 Å². The van der Waals surface area contributed by atoms with Gasteiger partial charge in [0.1, 0.15) is 5.69 Å². The summed E-state index contributed by atoms with van der Waals surface area (Å²) in [7, 11) is 0. The van der Waals surface area contributed by atoms with E-state index < -0.39 is 0 Å². The number of ketones is 1. The molecule has 1 aromatic rings. The molecule has 0 aromatic carbocycles. The lowest BCUT2D eigenvalue weighted by molar-refractivity contribution is 0.0996. The molecule has 0 aliphatic rings. The van der Waals surface area contributed by atoms with Crippen LogP contribution in [-0.4, -0.2) is 22.5 Å². The van der Waals surface area contributed by atoms with Crippen LogP contribution in [0.4, 0.5) is 0 Å². The number of nitrogens with one attached hydrogen (secondary N) is 2. The van der Waals surface area contributed by atoms with E-state index in [1.807, 2.05) is 0 Å². The third-order valence-corrected chi connectivity index (χ3v) is 1.08. The SMILES string of the molecule is NCC(=O)c1cc(=O)[nH][nH]1. The van der Waals surface area contributed by atoms with Crippen LogP contribution in [0.25, 0.3) is 0 Å². The lowest BCUT2D eigenvalue weighted by Crippen LogP contribution is -2.13. The molecule has 0 fully saturated rings. The van der Waals surface area contributed by atoms with Crippen molar-refractivity contribution in [3.8, 4) is 0 Å². The largest absolute Gasteiger partial charge is 0.324 e. The minimum Gasteiger partial charge on any atom is -0.324 e. The van der Waals surface area contributed by atoms with Crippen LogP contribution in [0.15, 0.2) is 10.9 Å². The molecule has 5 nitrogen and oxygen atoms in total. The first-order valence-electron chi connectivity index (χ1n) is 2.75. The molecule has 0 aliphatic carbocycles. The molecule has 1 heterocycles. The van der Waals surface area contributed by atoms with Gasteiger partial charge in [0, 0.05) is 6.07 Å². The number of hydrogen-bond donors (Lipinski definition) is 3. The highest BCUT2D eigenvalue weighted by molar-refractivity contribution is 5.95. The second-order valence-electron chi connectivity index (χ2n) is 1.80. The van der Waals surface area contributed by atoms with Gasteiger partial charge >= 0.3 is 0 Å². The molecule has 0 bridgehead atoms. The number of rotatable bonds is 2. The van der Waals surface area contributed by atoms with Gasteiger partial charge in [-0.05, 0) is 0 Å². The van der Waals surface area contributed by atoms with E-state index in [9.17, 15) is 9.59 Å². The number of aromatic amines is 2. The average Bonchev–Trinajstić information content (AvgIpc) is 2.34. The molecule has 54 valence electrons. The predicted molar refractivity (Wildman–Crippen MR) is 34.8 cm³/mol. The number of nitrogens with two attached hydrogens (primary N) is 1. The molecule has 10 heavy (non-hydrogen) atoms. The molecular formula is C5H7N3O2. The molecule has 0 unspecified atom stereocenters. The van der Waals surface area contributed by atoms with Crippen LogP contribution in [0.1, 0.15) is 10.5 Å². The summed E-state index contributed by atoms with van der Waals surface area (Å²) in [5.74, 6) is -0.279. The van der Waals surface area contributed by atoms with Crippen molar-refractivity contribution in [2.45, 2.75) is 0 Å². The van der Waals surface area contributed by atoms with E-state index in [0.29, 0.717) is 0 Å². The summed E-state index contributed by atoms with van der Waals surface area (Å²) in [6.07, 6.45) is 0. The van der Waals surface area contributed by atoms with Crippen molar-refractivity contribution < 1.29 is 4.79 Å². The summed E-state index contributed by atoms with van der Waals surface area (Å²) in [5.41, 5.74) is 4.93. The van der Waals surface area contributed by atoms with Crippen LogP contribution in [-0.2, 0) is 0 Å². The third kappa shape index (κ3) is 1.14. The maximum atomic E-state index is 10.7. The smallest absolute Gasteiger partial charge is 0.264 e. The van der Waals surface area contributed by atoms with Gasteiger partial charge in [0.05, 0.1) is 6.54 Å². The first-order valence-corrected chi connectivity index (χ1v) is 2.75. The quantitative estimate of drug-likeness (QED) is 0.454. The van der Waals surface area contributed by atoms with E-state index in [1.165, 1.54) is 6.07 Å². The number of carbonyl (C=O) groups excluding carboxylic acids is 1. The van der Waals surface area contributed by atoms with Crippen LogP contribution >= 0.6 is 0 Å². The molecule has 0 radical (unpaired) electrons. The summed E-state index contributed by atoms with van der Waals surface area (Å²) >= 11 is 0. The van der Waals surface area contributed by atoms with Crippen molar-refractivity contribution in [1.29, 1.82) is 0 Å². The lowest BCUT2D eigenvalue weighted by Gasteiger charge is -1.87. The molecule has 1 aromatic heterocycles. The molecule has 0 saturated carbocycles. The summed E-state index contributed by atoms with van der Waals surface area (Å²) in [6.45, 7) is -0.0895. The second-order valence-corrected chi connectivity index (χ2v) is 1.80. The molecule has 1 rings (SSSR count). The standard InChI is InChI=1S/C5H7N3O2/c6-2-4(9)3-1-5(10)8-7-3/h1H,2,6H2,(H2,7,8,10). The highest BCUT2D eigenvalue weighted by Crippen LogP contribution is 1.86. The summed E-state index contributed by atoms with van der Waals surface area (Å²) in [6, 6.07) is 1.18. The summed E-state index contributed by atoms with van der Waals surface area (Å²) in [5, 5.41) is 4.62. The Bertz CT molecular complexity index is 285. The van der Waals surface area contributed by atoms with Gasteiger partial charge in [-0.1, -0.05) is 0 Å². The van der Waals surface area contributed by atoms with Crippen molar-refractivity contribution >= 4 is 5.78 Å². The van der Waals surface area contributed by atoms with Crippen LogP contribution in [0.3, 0.4) is 0 Å². The normalized spacial score (nSPS) is 9.70. The fourth-order valence-electron chi connectivity index (χ4n) is 0.592. The molecule has 0 spiro atoms. The van der Waals surface area contributed by atoms with Gasteiger partial charge in [0.25, 0.3) is 5.56 Å². The Morgan fingerprint density at radius 3 is 2.70 bits per heavy atom. The number of aromatic nitrogens is 2. The fourth-order valence-corrected chi connectivity index (χ4v) is 0.592. The van der Waals surface area contributed by atoms with Crippen molar-refractivity contribution in [2.24, 2.45) is 5.73 Å². The minimum atomic E-state index is -0.322. The molecule has 0 saturated heterocycles. The second kappa shape index (κ2) is 2.49. The average molecular weight is 141 g/mol. The first-order chi connectivity index (χ1) is 4.74. The van der Waals surface area contributed by atoms with E-state index in [1.54, 1.807) is 0 Å². The summed E-state index contributed by atoms with van der Waals surface area (Å²) in [4.78, 5) is 21.1. The van der Waals surface area contributed by atoms with Gasteiger partial charge in [-0.3, -0.25) is 19.8 Å². The number of carbonyl (C=O) groups is 1. The van der Waals surface area contributed by atoms with Crippen LogP contribution < -0.4 is 11.3 Å². The highest BCUT2D eigenvalue weighted by Gasteiger charge is 2.03. The van der Waals surface area contributed by atoms with Crippen molar-refractivity contribution in [1.82, 2.24) is 10.2 Å². The van der Waals surface area contributed by atoms with Gasteiger partial charge in [0.2, 0.25) is 0 Å². The Kier molecular flexibility index (Phi) is 1.68. The van der Waals surface area contributed by atoms with E-state index in [4.69, 9.17) is 5.73 Å². The molecule has 5 heteroatoms. The van der Waals surface area contributed by atoms with Gasteiger partial charge < -0.3 is 5.73 Å². The third-order valence-electron chi connectivity index (χ3n) is 1.08. The van der Waals surface area contributed by atoms with E-state index in [0.717, 1.165) is 0 Å². The first kappa shape index (κ1) is 6.76. The van der Waals surface area contributed by atoms with Crippen molar-refractivity contribution in [3.63, 3.8) is 0 Å². The Balaban J connectivity index is 2.95. The Morgan fingerprint density at radius 2 is 2.30 bits per heavy atom. The molecule has 0 aliphatic heterocycles. The predicted octanol–water partition coefficient (Wildman–Crippen LogP) is -1.16. The molecular weight excluding hydrogens is 134 g/mol. The Hall–Kier alpha value is -1.36. The van der Waals surface area contributed by atoms with Gasteiger partial charge in [-0.15, -0.1) is 0 Å². The van der Waals surface area contributed by atoms with Crippen LogP contribution in [0.5, 0.6) is 0 Å². The number of hydrogen-bond acceptors (Lipinski definition) is 3. The minimum absolute atomic E-state index is 0.0895. The van der Waals surface area contributed by atoms with E-state index in [2.05, 4.69) is 10.2 Å². The summed E-state index contributed by atoms with van der Waals surface area (Å²) < 4.78 is 0. The number of Topliss-reactive ketones (excluding diaryl/α,β-unsaturated/α-hetero) is 1. The topological polar surface area (TPSA) is 91.7 Å². The Labute approximate surface area is 56.2 Å². The van der Waals surface area contributed by atoms with Crippen LogP contribution in [0, 0.1) is 0 Å². The zero-order valence-corrected chi connectivity index (χ0v) is 5.18. The maximum absolute atomic E-state index is 10.7. The number of H-pyrrole nitrogens is 2. The Morgan fingerprint density at radius 1 is 1.60 bits per heavy atom. The molecule has 0 amide bonds. The van der Waals surface area contributed by atoms with Gasteiger partial charge in [-0.25, -0.2) is 0 Å². The lowest BCUT2D eigenvalue weighted by atomic mass is 10.3. The fraction of sp³-hybridized carbons (Fsp3) is 0.200. The van der Waals surface area contributed by atoms with E-state index in [-0.39, 0.29) is 23.6 Å². The van der Waals surface area contributed by atoms with Gasteiger partial charge in [-0.2, -0.15) is 0 Å². The van der Waals surface area contributed by atoms with Crippen LogP contribution in [0.2, 0.25) is 0 Å². The highest BCUT2D eigenvalue weighted by atomic mass is 16.1. The zero-order valence-electron chi connectivity index (χ0n) is 5.18. The van der Waals surface area contributed by atoms with Gasteiger partial charge in [0.15, 0.2) is 5.78 Å². The maximum Gasteiger partial charge on any atom is 0.264 e.